The van der Waals surface area contributed by atoms with E-state index < -0.39 is 5.56 Å². The first-order valence-electron chi connectivity index (χ1n) is 4.86. The van der Waals surface area contributed by atoms with Crippen molar-refractivity contribution in [3.63, 3.8) is 0 Å². The summed E-state index contributed by atoms with van der Waals surface area (Å²) in [6.07, 6.45) is 1.96. The topological polar surface area (TPSA) is 49.9 Å². The SMILES string of the molecule is O=Cc1cc[nH]c(=O)c1-c1c(Cl)cc(Cl)cc1Cl. The maximum absolute atomic E-state index is 11.8. The van der Waals surface area contributed by atoms with Gasteiger partial charge in [-0.2, -0.15) is 0 Å². The molecule has 6 heteroatoms. The van der Waals surface area contributed by atoms with Crippen molar-refractivity contribution in [1.82, 2.24) is 4.98 Å². The van der Waals surface area contributed by atoms with Gasteiger partial charge < -0.3 is 4.98 Å². The van der Waals surface area contributed by atoms with Crippen LogP contribution in [0.3, 0.4) is 0 Å². The molecule has 1 aromatic carbocycles. The van der Waals surface area contributed by atoms with Gasteiger partial charge in [0.15, 0.2) is 6.29 Å². The van der Waals surface area contributed by atoms with Gasteiger partial charge in [0.25, 0.3) is 5.56 Å². The van der Waals surface area contributed by atoms with Crippen LogP contribution in [0.2, 0.25) is 15.1 Å². The molecule has 2 aromatic rings. The van der Waals surface area contributed by atoms with Crippen LogP contribution >= 0.6 is 34.8 Å². The number of halogens is 3. The molecule has 0 saturated heterocycles. The Hall–Kier alpha value is -1.29. The predicted octanol–water partition coefficient (Wildman–Crippen LogP) is 3.81. The minimum atomic E-state index is -0.439. The molecular weight excluding hydrogens is 296 g/mol. The number of nitrogens with one attached hydrogen (secondary N) is 1. The fourth-order valence-electron chi connectivity index (χ4n) is 1.63. The molecule has 0 atom stereocenters. The summed E-state index contributed by atoms with van der Waals surface area (Å²) in [4.78, 5) is 25.3. The van der Waals surface area contributed by atoms with Crippen LogP contribution in [-0.2, 0) is 0 Å². The minimum Gasteiger partial charge on any atom is -0.329 e. The third-order valence-electron chi connectivity index (χ3n) is 2.38. The summed E-state index contributed by atoms with van der Waals surface area (Å²) >= 11 is 17.9. The van der Waals surface area contributed by atoms with Gasteiger partial charge in [-0.15, -0.1) is 0 Å². The predicted molar refractivity (Wildman–Crippen MR) is 72.9 cm³/mol. The van der Waals surface area contributed by atoms with Crippen molar-refractivity contribution < 1.29 is 4.79 Å². The van der Waals surface area contributed by atoms with Crippen molar-refractivity contribution >= 4 is 41.1 Å². The van der Waals surface area contributed by atoms with Gasteiger partial charge in [-0.3, -0.25) is 9.59 Å². The average Bonchev–Trinajstić information content (AvgIpc) is 2.29. The highest BCUT2D eigenvalue weighted by Gasteiger charge is 2.16. The normalized spacial score (nSPS) is 10.4. The van der Waals surface area contributed by atoms with Gasteiger partial charge in [0.05, 0.1) is 15.6 Å². The van der Waals surface area contributed by atoms with E-state index in [1.54, 1.807) is 0 Å². The first-order valence-corrected chi connectivity index (χ1v) is 5.99. The minimum absolute atomic E-state index is 0.138. The van der Waals surface area contributed by atoms with E-state index in [9.17, 15) is 9.59 Å². The summed E-state index contributed by atoms with van der Waals surface area (Å²) < 4.78 is 0. The van der Waals surface area contributed by atoms with Crippen molar-refractivity contribution in [3.05, 3.63) is 55.4 Å². The largest absolute Gasteiger partial charge is 0.329 e. The highest BCUT2D eigenvalue weighted by Crippen LogP contribution is 2.36. The number of pyridine rings is 1. The molecule has 0 bridgehead atoms. The molecular formula is C12H6Cl3NO2. The maximum atomic E-state index is 11.8. The molecule has 0 spiro atoms. The molecule has 0 aliphatic carbocycles. The third kappa shape index (κ3) is 2.29. The molecule has 0 unspecified atom stereocenters. The lowest BCUT2D eigenvalue weighted by molar-refractivity contribution is 0.112. The summed E-state index contributed by atoms with van der Waals surface area (Å²) in [5.74, 6) is 0. The molecule has 2 rings (SSSR count). The number of carbonyl (C=O) groups excluding carboxylic acids is 1. The summed E-state index contributed by atoms with van der Waals surface area (Å²) in [6.45, 7) is 0. The molecule has 0 saturated carbocycles. The van der Waals surface area contributed by atoms with Crippen LogP contribution in [0.4, 0.5) is 0 Å². The van der Waals surface area contributed by atoms with E-state index in [0.717, 1.165) is 0 Å². The van der Waals surface area contributed by atoms with E-state index in [1.807, 2.05) is 0 Å². The number of H-pyrrole nitrogens is 1. The standard InChI is InChI=1S/C12H6Cl3NO2/c13-7-3-8(14)11(9(15)4-7)10-6(5-17)1-2-16-12(10)18/h1-5H,(H,16,18). The monoisotopic (exact) mass is 301 g/mol. The Morgan fingerprint density at radius 3 is 2.22 bits per heavy atom. The van der Waals surface area contributed by atoms with Crippen LogP contribution in [0.15, 0.2) is 29.2 Å². The number of hydrogen-bond donors (Lipinski definition) is 1. The van der Waals surface area contributed by atoms with Crippen LogP contribution < -0.4 is 5.56 Å². The average molecular weight is 303 g/mol. The first kappa shape index (κ1) is 13.1. The highest BCUT2D eigenvalue weighted by molar-refractivity contribution is 6.42. The van der Waals surface area contributed by atoms with Crippen LogP contribution in [0.5, 0.6) is 0 Å². The van der Waals surface area contributed by atoms with Gasteiger partial charge in [-0.1, -0.05) is 34.8 Å². The summed E-state index contributed by atoms with van der Waals surface area (Å²) in [6, 6.07) is 4.40. The molecule has 3 nitrogen and oxygen atoms in total. The molecule has 0 radical (unpaired) electrons. The Morgan fingerprint density at radius 1 is 1.06 bits per heavy atom. The van der Waals surface area contributed by atoms with Gasteiger partial charge in [0.1, 0.15) is 0 Å². The van der Waals surface area contributed by atoms with Gasteiger partial charge in [0.2, 0.25) is 0 Å². The highest BCUT2D eigenvalue weighted by atomic mass is 35.5. The Bertz CT molecular complexity index is 656. The third-order valence-corrected chi connectivity index (χ3v) is 3.19. The van der Waals surface area contributed by atoms with Crippen LogP contribution in [0.1, 0.15) is 10.4 Å². The Labute approximate surface area is 117 Å². The summed E-state index contributed by atoms with van der Waals surface area (Å²) in [5, 5.41) is 0.786. The zero-order chi connectivity index (χ0) is 13.3. The van der Waals surface area contributed by atoms with E-state index in [4.69, 9.17) is 34.8 Å². The fraction of sp³-hybridized carbons (Fsp3) is 0. The molecule has 0 amide bonds. The Kier molecular flexibility index (Phi) is 3.76. The van der Waals surface area contributed by atoms with Crippen molar-refractivity contribution in [2.45, 2.75) is 0 Å². The van der Waals surface area contributed by atoms with Crippen molar-refractivity contribution in [2.24, 2.45) is 0 Å². The van der Waals surface area contributed by atoms with Crippen LogP contribution in [0.25, 0.3) is 11.1 Å². The lowest BCUT2D eigenvalue weighted by Crippen LogP contribution is -2.11. The van der Waals surface area contributed by atoms with E-state index in [1.165, 1.54) is 24.4 Å². The molecule has 0 aliphatic rings. The first-order chi connectivity index (χ1) is 8.54. The van der Waals surface area contributed by atoms with Gasteiger partial charge in [-0.05, 0) is 18.2 Å². The number of hydrogen-bond acceptors (Lipinski definition) is 2. The number of carbonyl (C=O) groups is 1. The zero-order valence-corrected chi connectivity index (χ0v) is 11.1. The second kappa shape index (κ2) is 5.14. The fourth-order valence-corrected chi connectivity index (χ4v) is 2.64. The summed E-state index contributed by atoms with van der Waals surface area (Å²) in [7, 11) is 0. The van der Waals surface area contributed by atoms with Gasteiger partial charge >= 0.3 is 0 Å². The second-order valence-corrected chi connectivity index (χ2v) is 4.75. The zero-order valence-electron chi connectivity index (χ0n) is 8.84. The molecule has 1 aromatic heterocycles. The van der Waals surface area contributed by atoms with Crippen molar-refractivity contribution in [2.75, 3.05) is 0 Å². The number of benzene rings is 1. The maximum Gasteiger partial charge on any atom is 0.256 e. The van der Waals surface area contributed by atoms with E-state index in [-0.39, 0.29) is 21.2 Å². The Morgan fingerprint density at radius 2 is 1.67 bits per heavy atom. The van der Waals surface area contributed by atoms with Gasteiger partial charge in [0, 0.05) is 22.3 Å². The smallest absolute Gasteiger partial charge is 0.256 e. The van der Waals surface area contributed by atoms with Gasteiger partial charge in [-0.25, -0.2) is 0 Å². The van der Waals surface area contributed by atoms with E-state index in [0.29, 0.717) is 16.9 Å². The van der Waals surface area contributed by atoms with Crippen LogP contribution in [-0.4, -0.2) is 11.3 Å². The molecule has 1 N–H and O–H groups in total. The quantitative estimate of drug-likeness (QED) is 0.857. The lowest BCUT2D eigenvalue weighted by atomic mass is 10.0. The van der Waals surface area contributed by atoms with Crippen LogP contribution in [0, 0.1) is 0 Å². The second-order valence-electron chi connectivity index (χ2n) is 3.50. The van der Waals surface area contributed by atoms with E-state index in [2.05, 4.69) is 4.98 Å². The number of aromatic amines is 1. The number of aromatic nitrogens is 1. The molecule has 0 aliphatic heterocycles. The molecule has 1 heterocycles. The molecule has 18 heavy (non-hydrogen) atoms. The van der Waals surface area contributed by atoms with Crippen molar-refractivity contribution in [1.29, 1.82) is 0 Å². The Balaban J connectivity index is 2.85. The van der Waals surface area contributed by atoms with E-state index >= 15 is 0 Å². The number of aldehydes is 1. The summed E-state index contributed by atoms with van der Waals surface area (Å²) in [5.41, 5.74) is 0.210. The molecule has 92 valence electrons. The molecule has 0 fully saturated rings. The van der Waals surface area contributed by atoms with Crippen molar-refractivity contribution in [3.8, 4) is 11.1 Å². The number of rotatable bonds is 2. The lowest BCUT2D eigenvalue weighted by Gasteiger charge is -2.09.